The summed E-state index contributed by atoms with van der Waals surface area (Å²) in [6, 6.07) is 21.6. The van der Waals surface area contributed by atoms with Crippen molar-refractivity contribution in [1.82, 2.24) is 14.8 Å². The van der Waals surface area contributed by atoms with E-state index in [1.165, 1.54) is 0 Å². The van der Waals surface area contributed by atoms with Crippen molar-refractivity contribution in [2.75, 3.05) is 21.0 Å². The van der Waals surface area contributed by atoms with E-state index >= 15 is 0 Å². The van der Waals surface area contributed by atoms with Crippen molar-refractivity contribution in [2.24, 2.45) is 0 Å². The molecular formula is C24H21N3O4S. The number of rotatable bonds is 7. The van der Waals surface area contributed by atoms with Gasteiger partial charge in [0.1, 0.15) is 11.5 Å². The second-order valence-corrected chi connectivity index (χ2v) is 7.96. The first-order valence-corrected chi connectivity index (χ1v) is 11.0. The average molecular weight is 448 g/mol. The summed E-state index contributed by atoms with van der Waals surface area (Å²) in [5, 5.41) is 9.80. The van der Waals surface area contributed by atoms with Crippen LogP contribution in [0.4, 0.5) is 0 Å². The van der Waals surface area contributed by atoms with Crippen LogP contribution in [0.3, 0.4) is 0 Å². The molecule has 5 rings (SSSR count). The zero-order valence-corrected chi connectivity index (χ0v) is 18.5. The fourth-order valence-corrected chi connectivity index (χ4v) is 4.40. The summed E-state index contributed by atoms with van der Waals surface area (Å²) in [5.74, 6) is 4.49. The Morgan fingerprint density at radius 3 is 2.53 bits per heavy atom. The van der Waals surface area contributed by atoms with Crippen molar-refractivity contribution in [3.63, 3.8) is 0 Å². The van der Waals surface area contributed by atoms with E-state index < -0.39 is 0 Å². The molecule has 0 radical (unpaired) electrons. The molecule has 0 saturated heterocycles. The lowest BCUT2D eigenvalue weighted by Gasteiger charge is -2.13. The highest BCUT2D eigenvalue weighted by atomic mass is 32.2. The lowest BCUT2D eigenvalue weighted by molar-refractivity contribution is 0.174. The highest BCUT2D eigenvalue weighted by Gasteiger charge is 2.20. The standard InChI is InChI=1S/C24H21N3O4S/c1-28-18-10-8-17(9-11-18)27-23(19-5-3-4-6-20(19)29-2)25-26-24(27)32-14-16-7-12-21-22(13-16)31-15-30-21/h3-13H,14-15H2,1-2H3. The Labute approximate surface area is 189 Å². The Morgan fingerprint density at radius 1 is 0.906 bits per heavy atom. The largest absolute Gasteiger partial charge is 0.497 e. The Hall–Kier alpha value is -3.65. The zero-order valence-electron chi connectivity index (χ0n) is 17.6. The molecule has 2 heterocycles. The van der Waals surface area contributed by atoms with Crippen LogP contribution in [0, 0.1) is 0 Å². The second kappa shape index (κ2) is 8.84. The first-order chi connectivity index (χ1) is 15.8. The van der Waals surface area contributed by atoms with Crippen LogP contribution in [0.1, 0.15) is 5.56 Å². The lowest BCUT2D eigenvalue weighted by atomic mass is 10.2. The van der Waals surface area contributed by atoms with Gasteiger partial charge in [0.15, 0.2) is 22.5 Å². The van der Waals surface area contributed by atoms with E-state index in [4.69, 9.17) is 18.9 Å². The van der Waals surface area contributed by atoms with E-state index in [0.29, 0.717) is 11.6 Å². The quantitative estimate of drug-likeness (QED) is 0.371. The number of thioether (sulfide) groups is 1. The number of hydrogen-bond donors (Lipinski definition) is 0. The number of fused-ring (bicyclic) bond motifs is 1. The molecule has 0 saturated carbocycles. The van der Waals surface area contributed by atoms with Crippen LogP contribution in [-0.4, -0.2) is 35.8 Å². The smallest absolute Gasteiger partial charge is 0.231 e. The fraction of sp³-hybridized carbons (Fsp3) is 0.167. The van der Waals surface area contributed by atoms with E-state index in [1.807, 2.05) is 71.3 Å². The molecule has 0 bridgehead atoms. The van der Waals surface area contributed by atoms with E-state index in [9.17, 15) is 0 Å². The molecule has 32 heavy (non-hydrogen) atoms. The van der Waals surface area contributed by atoms with Gasteiger partial charge in [-0.3, -0.25) is 4.57 Å². The first-order valence-electron chi connectivity index (χ1n) is 10.0. The number of aromatic nitrogens is 3. The van der Waals surface area contributed by atoms with Crippen molar-refractivity contribution in [1.29, 1.82) is 0 Å². The molecule has 0 fully saturated rings. The van der Waals surface area contributed by atoms with Gasteiger partial charge < -0.3 is 18.9 Å². The van der Waals surface area contributed by atoms with E-state index in [2.05, 4.69) is 10.2 Å². The Balaban J connectivity index is 1.52. The highest BCUT2D eigenvalue weighted by Crippen LogP contribution is 2.37. The predicted octanol–water partition coefficient (Wildman–Crippen LogP) is 4.97. The molecule has 1 aromatic heterocycles. The molecular weight excluding hydrogens is 426 g/mol. The summed E-state index contributed by atoms with van der Waals surface area (Å²) in [5.41, 5.74) is 2.92. The van der Waals surface area contributed by atoms with Gasteiger partial charge in [0.25, 0.3) is 0 Å². The van der Waals surface area contributed by atoms with Gasteiger partial charge in [-0.25, -0.2) is 0 Å². The van der Waals surface area contributed by atoms with Gasteiger partial charge >= 0.3 is 0 Å². The average Bonchev–Trinajstić information content (AvgIpc) is 3.49. The third-order valence-electron chi connectivity index (χ3n) is 5.12. The van der Waals surface area contributed by atoms with Gasteiger partial charge in [-0.2, -0.15) is 0 Å². The number of hydrogen-bond acceptors (Lipinski definition) is 7. The number of ether oxygens (including phenoxy) is 4. The van der Waals surface area contributed by atoms with Gasteiger partial charge in [0, 0.05) is 5.75 Å². The van der Waals surface area contributed by atoms with Crippen LogP contribution in [0.15, 0.2) is 71.9 Å². The fourth-order valence-electron chi connectivity index (χ4n) is 3.51. The number of benzene rings is 3. The van der Waals surface area contributed by atoms with Gasteiger partial charge in [-0.1, -0.05) is 30.0 Å². The van der Waals surface area contributed by atoms with E-state index in [1.54, 1.807) is 26.0 Å². The van der Waals surface area contributed by atoms with Crippen molar-refractivity contribution < 1.29 is 18.9 Å². The minimum absolute atomic E-state index is 0.264. The minimum atomic E-state index is 0.264. The number of methoxy groups -OCH3 is 2. The maximum Gasteiger partial charge on any atom is 0.231 e. The van der Waals surface area contributed by atoms with Crippen molar-refractivity contribution in [3.8, 4) is 40.1 Å². The van der Waals surface area contributed by atoms with Crippen LogP contribution in [0.5, 0.6) is 23.0 Å². The van der Waals surface area contributed by atoms with Crippen molar-refractivity contribution >= 4 is 11.8 Å². The van der Waals surface area contributed by atoms with E-state index in [0.717, 1.165) is 45.0 Å². The zero-order chi connectivity index (χ0) is 21.9. The molecule has 0 unspecified atom stereocenters. The van der Waals surface area contributed by atoms with Crippen molar-refractivity contribution in [3.05, 3.63) is 72.3 Å². The lowest BCUT2D eigenvalue weighted by Crippen LogP contribution is -2.01. The summed E-state index contributed by atoms with van der Waals surface area (Å²) < 4.78 is 23.8. The molecule has 3 aromatic carbocycles. The monoisotopic (exact) mass is 447 g/mol. The molecule has 1 aliphatic heterocycles. The van der Waals surface area contributed by atoms with Crippen LogP contribution in [0.25, 0.3) is 17.1 Å². The van der Waals surface area contributed by atoms with Gasteiger partial charge in [-0.05, 0) is 54.1 Å². The number of para-hydroxylation sites is 1. The number of nitrogens with zero attached hydrogens (tertiary/aromatic N) is 3. The van der Waals surface area contributed by atoms with Crippen LogP contribution in [0.2, 0.25) is 0 Å². The summed E-state index contributed by atoms with van der Waals surface area (Å²) >= 11 is 1.60. The predicted molar refractivity (Wildman–Crippen MR) is 122 cm³/mol. The molecule has 4 aromatic rings. The van der Waals surface area contributed by atoms with Crippen LogP contribution >= 0.6 is 11.8 Å². The van der Waals surface area contributed by atoms with Gasteiger partial charge in [0.2, 0.25) is 6.79 Å². The minimum Gasteiger partial charge on any atom is -0.497 e. The normalized spacial score (nSPS) is 12.1. The van der Waals surface area contributed by atoms with Crippen LogP contribution < -0.4 is 18.9 Å². The molecule has 7 nitrogen and oxygen atoms in total. The Kier molecular flexibility index (Phi) is 5.60. The van der Waals surface area contributed by atoms with Crippen LogP contribution in [-0.2, 0) is 5.75 Å². The van der Waals surface area contributed by atoms with Gasteiger partial charge in [-0.15, -0.1) is 10.2 Å². The molecule has 1 aliphatic rings. The van der Waals surface area contributed by atoms with E-state index in [-0.39, 0.29) is 6.79 Å². The Bertz CT molecular complexity index is 1240. The third kappa shape index (κ3) is 3.85. The molecule has 0 N–H and O–H groups in total. The summed E-state index contributed by atoms with van der Waals surface area (Å²) in [6.07, 6.45) is 0. The molecule has 162 valence electrons. The molecule has 8 heteroatoms. The topological polar surface area (TPSA) is 67.6 Å². The summed E-state index contributed by atoms with van der Waals surface area (Å²) in [6.45, 7) is 0.264. The maximum absolute atomic E-state index is 5.57. The SMILES string of the molecule is COc1ccc(-n2c(SCc3ccc4c(c3)OCO4)nnc2-c2ccccc2OC)cc1. The molecule has 0 spiro atoms. The highest BCUT2D eigenvalue weighted by molar-refractivity contribution is 7.98. The summed E-state index contributed by atoms with van der Waals surface area (Å²) in [4.78, 5) is 0. The maximum atomic E-state index is 5.57. The molecule has 0 atom stereocenters. The van der Waals surface area contributed by atoms with Gasteiger partial charge in [0.05, 0.1) is 25.5 Å². The summed E-state index contributed by atoms with van der Waals surface area (Å²) in [7, 11) is 3.31. The molecule has 0 aliphatic carbocycles. The third-order valence-corrected chi connectivity index (χ3v) is 6.12. The Morgan fingerprint density at radius 2 is 1.72 bits per heavy atom. The molecule has 0 amide bonds. The van der Waals surface area contributed by atoms with Crippen molar-refractivity contribution in [2.45, 2.75) is 10.9 Å². The first kappa shape index (κ1) is 20.3. The second-order valence-electron chi connectivity index (χ2n) is 7.02.